The van der Waals surface area contributed by atoms with Gasteiger partial charge in [-0.3, -0.25) is 4.68 Å². The normalized spacial score (nSPS) is 16.9. The van der Waals surface area contributed by atoms with E-state index in [1.165, 1.54) is 19.3 Å². The summed E-state index contributed by atoms with van der Waals surface area (Å²) in [6, 6.07) is 0.694. The van der Waals surface area contributed by atoms with Crippen molar-refractivity contribution in [1.82, 2.24) is 15.1 Å². The third-order valence-electron chi connectivity index (χ3n) is 2.70. The van der Waals surface area contributed by atoms with Gasteiger partial charge < -0.3 is 5.32 Å². The van der Waals surface area contributed by atoms with Crippen molar-refractivity contribution in [1.29, 1.82) is 0 Å². The maximum Gasteiger partial charge on any atom is 0.109 e. The molecule has 14 heavy (non-hydrogen) atoms. The van der Waals surface area contributed by atoms with Crippen molar-refractivity contribution < 1.29 is 4.39 Å². The van der Waals surface area contributed by atoms with Gasteiger partial charge in [-0.1, -0.05) is 6.42 Å². The number of nitrogens with zero attached hydrogens (tertiary/aromatic N) is 2. The predicted molar refractivity (Wildman–Crippen MR) is 52.7 cm³/mol. The number of aryl methyl sites for hydroxylation is 1. The van der Waals surface area contributed by atoms with Crippen LogP contribution in [0.1, 0.15) is 24.8 Å². The minimum atomic E-state index is -0.350. The van der Waals surface area contributed by atoms with Gasteiger partial charge in [0, 0.05) is 24.3 Å². The standard InChI is InChI=1S/C10H16FN3/c11-4-5-14-8-9(7-13-14)6-12-10-2-1-3-10/h7-8,10,12H,1-6H2. The molecule has 0 bridgehead atoms. The van der Waals surface area contributed by atoms with Gasteiger partial charge in [0.2, 0.25) is 0 Å². The highest BCUT2D eigenvalue weighted by Crippen LogP contribution is 2.18. The van der Waals surface area contributed by atoms with E-state index in [1.54, 1.807) is 10.9 Å². The summed E-state index contributed by atoms with van der Waals surface area (Å²) >= 11 is 0. The van der Waals surface area contributed by atoms with Crippen LogP contribution in [0.2, 0.25) is 0 Å². The summed E-state index contributed by atoms with van der Waals surface area (Å²) in [5.41, 5.74) is 1.14. The summed E-state index contributed by atoms with van der Waals surface area (Å²) in [7, 11) is 0. The zero-order chi connectivity index (χ0) is 9.80. The van der Waals surface area contributed by atoms with Crippen LogP contribution in [0.5, 0.6) is 0 Å². The Bertz CT molecular complexity index is 281. The molecule has 0 aliphatic heterocycles. The summed E-state index contributed by atoms with van der Waals surface area (Å²) in [6.45, 7) is 0.873. The lowest BCUT2D eigenvalue weighted by Gasteiger charge is -2.26. The third kappa shape index (κ3) is 2.32. The number of alkyl halides is 1. The molecule has 1 aliphatic carbocycles. The van der Waals surface area contributed by atoms with Crippen LogP contribution in [-0.4, -0.2) is 22.5 Å². The first kappa shape index (κ1) is 9.65. The zero-order valence-electron chi connectivity index (χ0n) is 8.25. The van der Waals surface area contributed by atoms with Crippen LogP contribution in [0.15, 0.2) is 12.4 Å². The second kappa shape index (κ2) is 4.55. The Hall–Kier alpha value is -0.900. The number of hydrogen-bond acceptors (Lipinski definition) is 2. The zero-order valence-corrected chi connectivity index (χ0v) is 8.25. The van der Waals surface area contributed by atoms with Crippen molar-refractivity contribution >= 4 is 0 Å². The first-order valence-corrected chi connectivity index (χ1v) is 5.19. The molecule has 0 atom stereocenters. The van der Waals surface area contributed by atoms with E-state index in [0.717, 1.165) is 12.1 Å². The second-order valence-corrected chi connectivity index (χ2v) is 3.81. The smallest absolute Gasteiger partial charge is 0.109 e. The fraction of sp³-hybridized carbons (Fsp3) is 0.700. The Labute approximate surface area is 83.3 Å². The van der Waals surface area contributed by atoms with Gasteiger partial charge in [0.15, 0.2) is 0 Å². The molecule has 1 saturated carbocycles. The van der Waals surface area contributed by atoms with Crippen molar-refractivity contribution in [2.24, 2.45) is 0 Å². The van der Waals surface area contributed by atoms with E-state index in [1.807, 2.05) is 6.20 Å². The molecule has 1 aliphatic rings. The molecule has 0 aromatic carbocycles. The Morgan fingerprint density at radius 1 is 1.57 bits per heavy atom. The molecule has 1 N–H and O–H groups in total. The summed E-state index contributed by atoms with van der Waals surface area (Å²) in [6.07, 6.45) is 7.64. The molecule has 0 amide bonds. The molecule has 1 aromatic heterocycles. The van der Waals surface area contributed by atoms with Crippen LogP contribution in [-0.2, 0) is 13.1 Å². The van der Waals surface area contributed by atoms with Gasteiger partial charge in [0.1, 0.15) is 6.67 Å². The van der Waals surface area contributed by atoms with Crippen molar-refractivity contribution in [2.75, 3.05) is 6.67 Å². The molecule has 1 aromatic rings. The van der Waals surface area contributed by atoms with E-state index in [4.69, 9.17) is 0 Å². The summed E-state index contributed by atoms with van der Waals surface area (Å²) < 4.78 is 13.6. The number of aromatic nitrogens is 2. The quantitative estimate of drug-likeness (QED) is 0.775. The maximum atomic E-state index is 12.0. The molecule has 3 nitrogen and oxygen atoms in total. The van der Waals surface area contributed by atoms with Crippen LogP contribution >= 0.6 is 0 Å². The predicted octanol–water partition coefficient (Wildman–Crippen LogP) is 1.49. The number of nitrogens with one attached hydrogen (secondary N) is 1. The highest BCUT2D eigenvalue weighted by molar-refractivity contribution is 5.03. The molecule has 4 heteroatoms. The highest BCUT2D eigenvalue weighted by Gasteiger charge is 2.16. The highest BCUT2D eigenvalue weighted by atomic mass is 19.1. The fourth-order valence-corrected chi connectivity index (χ4v) is 1.58. The summed E-state index contributed by atoms with van der Waals surface area (Å²) in [4.78, 5) is 0. The lowest BCUT2D eigenvalue weighted by atomic mass is 9.93. The first-order chi connectivity index (χ1) is 6.88. The molecule has 1 fully saturated rings. The third-order valence-corrected chi connectivity index (χ3v) is 2.70. The summed E-state index contributed by atoms with van der Waals surface area (Å²) in [5.74, 6) is 0. The lowest BCUT2D eigenvalue weighted by molar-refractivity contribution is 0.338. The van der Waals surface area contributed by atoms with E-state index < -0.39 is 0 Å². The Kier molecular flexibility index (Phi) is 3.14. The van der Waals surface area contributed by atoms with Crippen molar-refractivity contribution in [3.63, 3.8) is 0 Å². The van der Waals surface area contributed by atoms with Gasteiger partial charge in [-0.2, -0.15) is 5.10 Å². The molecule has 0 spiro atoms. The van der Waals surface area contributed by atoms with E-state index in [0.29, 0.717) is 12.6 Å². The first-order valence-electron chi connectivity index (χ1n) is 5.19. The van der Waals surface area contributed by atoms with E-state index in [-0.39, 0.29) is 6.67 Å². The van der Waals surface area contributed by atoms with E-state index >= 15 is 0 Å². The fourth-order valence-electron chi connectivity index (χ4n) is 1.58. The molecule has 0 unspecified atom stereocenters. The van der Waals surface area contributed by atoms with Crippen molar-refractivity contribution in [3.05, 3.63) is 18.0 Å². The van der Waals surface area contributed by atoms with Gasteiger partial charge in [-0.05, 0) is 12.8 Å². The van der Waals surface area contributed by atoms with Crippen LogP contribution in [0.3, 0.4) is 0 Å². The van der Waals surface area contributed by atoms with E-state index in [9.17, 15) is 4.39 Å². The Morgan fingerprint density at radius 3 is 3.07 bits per heavy atom. The molecule has 0 saturated heterocycles. The average molecular weight is 197 g/mol. The minimum absolute atomic E-state index is 0.350. The molecular weight excluding hydrogens is 181 g/mol. The van der Waals surface area contributed by atoms with Crippen LogP contribution in [0.4, 0.5) is 4.39 Å². The SMILES string of the molecule is FCCn1cc(CNC2CCC2)cn1. The van der Waals surface area contributed by atoms with Crippen molar-refractivity contribution in [3.8, 4) is 0 Å². The summed E-state index contributed by atoms with van der Waals surface area (Å²) in [5, 5.41) is 7.51. The Morgan fingerprint density at radius 2 is 2.43 bits per heavy atom. The molecule has 0 radical (unpaired) electrons. The molecule has 78 valence electrons. The van der Waals surface area contributed by atoms with Gasteiger partial charge in [-0.15, -0.1) is 0 Å². The van der Waals surface area contributed by atoms with Crippen LogP contribution < -0.4 is 5.32 Å². The topological polar surface area (TPSA) is 29.9 Å². The minimum Gasteiger partial charge on any atom is -0.310 e. The number of halogens is 1. The van der Waals surface area contributed by atoms with Gasteiger partial charge >= 0.3 is 0 Å². The molecular formula is C10H16FN3. The second-order valence-electron chi connectivity index (χ2n) is 3.81. The van der Waals surface area contributed by atoms with Crippen LogP contribution in [0, 0.1) is 0 Å². The van der Waals surface area contributed by atoms with Gasteiger partial charge in [0.05, 0.1) is 12.7 Å². The maximum absolute atomic E-state index is 12.0. The number of hydrogen-bond donors (Lipinski definition) is 1. The van der Waals surface area contributed by atoms with Gasteiger partial charge in [0.25, 0.3) is 0 Å². The lowest BCUT2D eigenvalue weighted by Crippen LogP contribution is -2.34. The molecule has 1 heterocycles. The number of rotatable bonds is 5. The van der Waals surface area contributed by atoms with E-state index in [2.05, 4.69) is 10.4 Å². The monoisotopic (exact) mass is 197 g/mol. The largest absolute Gasteiger partial charge is 0.310 e. The Balaban J connectivity index is 1.77. The molecule has 2 rings (SSSR count). The average Bonchev–Trinajstić information content (AvgIpc) is 2.51. The van der Waals surface area contributed by atoms with Crippen LogP contribution in [0.25, 0.3) is 0 Å². The van der Waals surface area contributed by atoms with Crippen molar-refractivity contribution in [2.45, 2.75) is 38.4 Å². The van der Waals surface area contributed by atoms with Gasteiger partial charge in [-0.25, -0.2) is 4.39 Å².